The van der Waals surface area contributed by atoms with Crippen molar-refractivity contribution in [3.63, 3.8) is 0 Å². The van der Waals surface area contributed by atoms with Gasteiger partial charge in [0.1, 0.15) is 11.6 Å². The van der Waals surface area contributed by atoms with Gasteiger partial charge in [0.05, 0.1) is 0 Å². The van der Waals surface area contributed by atoms with Crippen molar-refractivity contribution < 1.29 is 13.9 Å². The fourth-order valence-electron chi connectivity index (χ4n) is 3.07. The summed E-state index contributed by atoms with van der Waals surface area (Å²) in [4.78, 5) is 16.4. The summed E-state index contributed by atoms with van der Waals surface area (Å²) in [5, 5.41) is 0. The number of hydrogen-bond donors (Lipinski definition) is 0. The molecule has 138 valence electrons. The molecule has 1 heterocycles. The Morgan fingerprint density at radius 3 is 2.42 bits per heavy atom. The predicted molar refractivity (Wildman–Crippen MR) is 99.8 cm³/mol. The van der Waals surface area contributed by atoms with Crippen molar-refractivity contribution in [1.29, 1.82) is 0 Å². The van der Waals surface area contributed by atoms with E-state index in [0.29, 0.717) is 25.3 Å². The molecule has 0 aliphatic carbocycles. The van der Waals surface area contributed by atoms with Crippen LogP contribution in [-0.2, 0) is 11.2 Å². The van der Waals surface area contributed by atoms with Crippen LogP contribution in [0.2, 0.25) is 0 Å². The minimum absolute atomic E-state index is 0.0133. The molecule has 0 saturated carbocycles. The first kappa shape index (κ1) is 18.4. The summed E-state index contributed by atoms with van der Waals surface area (Å²) in [6.07, 6.45) is 0.692. The molecular formula is C21H25FN2O2. The van der Waals surface area contributed by atoms with E-state index in [2.05, 4.69) is 4.90 Å². The lowest BCUT2D eigenvalue weighted by Crippen LogP contribution is -2.50. The van der Waals surface area contributed by atoms with Crippen LogP contribution in [0.3, 0.4) is 0 Å². The number of nitrogens with zero attached hydrogens (tertiary/aromatic N) is 2. The molecule has 0 spiro atoms. The first-order valence-corrected chi connectivity index (χ1v) is 9.05. The number of benzene rings is 2. The molecule has 0 atom stereocenters. The minimum Gasteiger partial charge on any atom is -0.484 e. The molecule has 26 heavy (non-hydrogen) atoms. The normalized spacial score (nSPS) is 15.1. The minimum atomic E-state index is -0.144. The number of carbonyl (C=O) groups excluding carboxylic acids is 1. The van der Waals surface area contributed by atoms with E-state index in [1.54, 1.807) is 6.07 Å². The van der Waals surface area contributed by atoms with Gasteiger partial charge in [0, 0.05) is 32.7 Å². The van der Waals surface area contributed by atoms with Crippen molar-refractivity contribution in [3.05, 3.63) is 65.5 Å². The number of halogens is 1. The Morgan fingerprint density at radius 2 is 1.73 bits per heavy atom. The molecule has 0 radical (unpaired) electrons. The van der Waals surface area contributed by atoms with Crippen LogP contribution in [0.4, 0.5) is 4.39 Å². The van der Waals surface area contributed by atoms with Crippen molar-refractivity contribution in [2.24, 2.45) is 0 Å². The molecule has 4 nitrogen and oxygen atoms in total. The largest absolute Gasteiger partial charge is 0.484 e. The molecule has 1 aliphatic heterocycles. The molecule has 1 amide bonds. The Kier molecular flexibility index (Phi) is 6.23. The van der Waals surface area contributed by atoms with Gasteiger partial charge in [-0.05, 0) is 37.1 Å². The maximum absolute atomic E-state index is 13.7. The van der Waals surface area contributed by atoms with Crippen LogP contribution in [0.15, 0.2) is 48.5 Å². The van der Waals surface area contributed by atoms with Gasteiger partial charge < -0.3 is 9.64 Å². The number of carbonyl (C=O) groups is 1. The van der Waals surface area contributed by atoms with Crippen LogP contribution in [-0.4, -0.2) is 55.0 Å². The number of piperazine rings is 1. The smallest absolute Gasteiger partial charge is 0.260 e. The summed E-state index contributed by atoms with van der Waals surface area (Å²) in [7, 11) is 0. The van der Waals surface area contributed by atoms with Gasteiger partial charge in [0.2, 0.25) is 0 Å². The average Bonchev–Trinajstić information content (AvgIpc) is 2.67. The van der Waals surface area contributed by atoms with Gasteiger partial charge in [-0.25, -0.2) is 4.39 Å². The fourth-order valence-corrected chi connectivity index (χ4v) is 3.07. The van der Waals surface area contributed by atoms with E-state index in [9.17, 15) is 9.18 Å². The quantitative estimate of drug-likeness (QED) is 0.798. The van der Waals surface area contributed by atoms with Crippen LogP contribution in [0, 0.1) is 12.7 Å². The Balaban J connectivity index is 1.39. The van der Waals surface area contributed by atoms with Crippen molar-refractivity contribution in [1.82, 2.24) is 9.80 Å². The van der Waals surface area contributed by atoms with Crippen LogP contribution in [0.5, 0.6) is 5.75 Å². The van der Waals surface area contributed by atoms with Crippen molar-refractivity contribution >= 4 is 5.91 Å². The van der Waals surface area contributed by atoms with E-state index >= 15 is 0 Å². The molecule has 0 aromatic heterocycles. The van der Waals surface area contributed by atoms with E-state index in [-0.39, 0.29) is 18.3 Å². The maximum Gasteiger partial charge on any atom is 0.260 e. The third kappa shape index (κ3) is 5.05. The van der Waals surface area contributed by atoms with Crippen molar-refractivity contribution in [2.75, 3.05) is 39.3 Å². The highest BCUT2D eigenvalue weighted by molar-refractivity contribution is 5.77. The monoisotopic (exact) mass is 356 g/mol. The zero-order valence-corrected chi connectivity index (χ0v) is 15.2. The van der Waals surface area contributed by atoms with Gasteiger partial charge in [-0.1, -0.05) is 35.9 Å². The van der Waals surface area contributed by atoms with Gasteiger partial charge in [-0.15, -0.1) is 0 Å². The number of aryl methyl sites for hydroxylation is 1. The summed E-state index contributed by atoms with van der Waals surface area (Å²) in [5.41, 5.74) is 1.91. The SMILES string of the molecule is Cc1ccc(OCC(=O)N2CCN(CCc3ccccc3F)CC2)cc1. The Bertz CT molecular complexity index is 725. The van der Waals surface area contributed by atoms with Crippen LogP contribution >= 0.6 is 0 Å². The van der Waals surface area contributed by atoms with E-state index in [0.717, 1.165) is 30.8 Å². The Hall–Kier alpha value is -2.40. The van der Waals surface area contributed by atoms with Crippen LogP contribution < -0.4 is 4.74 Å². The topological polar surface area (TPSA) is 32.8 Å². The van der Waals surface area contributed by atoms with E-state index in [1.165, 1.54) is 6.07 Å². The van der Waals surface area contributed by atoms with Crippen molar-refractivity contribution in [3.8, 4) is 5.75 Å². The summed E-state index contributed by atoms with van der Waals surface area (Å²) in [6, 6.07) is 14.6. The number of hydrogen-bond acceptors (Lipinski definition) is 3. The molecule has 1 aliphatic rings. The average molecular weight is 356 g/mol. The molecule has 0 N–H and O–H groups in total. The summed E-state index contributed by atoms with van der Waals surface area (Å²) < 4.78 is 19.2. The van der Waals surface area contributed by atoms with Crippen LogP contribution in [0.25, 0.3) is 0 Å². The standard InChI is InChI=1S/C21H25FN2O2/c1-17-6-8-19(9-7-17)26-16-21(25)24-14-12-23(13-15-24)11-10-18-4-2-3-5-20(18)22/h2-9H,10-16H2,1H3. The highest BCUT2D eigenvalue weighted by atomic mass is 19.1. The predicted octanol–water partition coefficient (Wildman–Crippen LogP) is 2.90. The number of ether oxygens (including phenoxy) is 1. The Morgan fingerprint density at radius 1 is 1.04 bits per heavy atom. The first-order valence-electron chi connectivity index (χ1n) is 9.05. The van der Waals surface area contributed by atoms with Crippen LogP contribution in [0.1, 0.15) is 11.1 Å². The molecule has 1 saturated heterocycles. The molecular weight excluding hydrogens is 331 g/mol. The second-order valence-corrected chi connectivity index (χ2v) is 6.67. The molecule has 5 heteroatoms. The number of rotatable bonds is 6. The Labute approximate surface area is 154 Å². The van der Waals surface area contributed by atoms with Gasteiger partial charge in [0.15, 0.2) is 6.61 Å². The van der Waals surface area contributed by atoms with Gasteiger partial charge in [-0.2, -0.15) is 0 Å². The maximum atomic E-state index is 13.7. The summed E-state index contributed by atoms with van der Waals surface area (Å²) in [6.45, 7) is 5.89. The van der Waals surface area contributed by atoms with E-state index in [1.807, 2.05) is 48.2 Å². The third-order valence-corrected chi connectivity index (χ3v) is 4.76. The second kappa shape index (κ2) is 8.81. The first-order chi connectivity index (χ1) is 12.6. The summed E-state index contributed by atoms with van der Waals surface area (Å²) >= 11 is 0. The second-order valence-electron chi connectivity index (χ2n) is 6.67. The molecule has 1 fully saturated rings. The lowest BCUT2D eigenvalue weighted by atomic mass is 10.1. The van der Waals surface area contributed by atoms with Gasteiger partial charge >= 0.3 is 0 Å². The summed E-state index contributed by atoms with van der Waals surface area (Å²) in [5.74, 6) is 0.585. The zero-order chi connectivity index (χ0) is 18.4. The number of amides is 1. The van der Waals surface area contributed by atoms with Crippen molar-refractivity contribution in [2.45, 2.75) is 13.3 Å². The lowest BCUT2D eigenvalue weighted by molar-refractivity contribution is -0.135. The van der Waals surface area contributed by atoms with Gasteiger partial charge in [0.25, 0.3) is 5.91 Å². The zero-order valence-electron chi connectivity index (χ0n) is 15.2. The highest BCUT2D eigenvalue weighted by Crippen LogP contribution is 2.12. The molecule has 2 aromatic carbocycles. The fraction of sp³-hybridized carbons (Fsp3) is 0.381. The van der Waals surface area contributed by atoms with Gasteiger partial charge in [-0.3, -0.25) is 9.69 Å². The molecule has 0 unspecified atom stereocenters. The molecule has 3 rings (SSSR count). The highest BCUT2D eigenvalue weighted by Gasteiger charge is 2.21. The van der Waals surface area contributed by atoms with E-state index in [4.69, 9.17) is 4.74 Å². The molecule has 0 bridgehead atoms. The molecule has 2 aromatic rings. The third-order valence-electron chi connectivity index (χ3n) is 4.76. The lowest BCUT2D eigenvalue weighted by Gasteiger charge is -2.34. The van der Waals surface area contributed by atoms with E-state index < -0.39 is 0 Å².